The topological polar surface area (TPSA) is 89.1 Å². The Balaban J connectivity index is 1.33. The maximum Gasteiger partial charge on any atom is 0.416 e. The van der Waals surface area contributed by atoms with E-state index in [-0.39, 0.29) is 41.1 Å². The van der Waals surface area contributed by atoms with E-state index in [2.05, 4.69) is 22.4 Å². The van der Waals surface area contributed by atoms with Crippen molar-refractivity contribution in [2.24, 2.45) is 18.7 Å². The lowest BCUT2D eigenvalue weighted by Crippen LogP contribution is -2.47. The number of nitrogens with two attached hydrogens (primary N) is 1. The molecule has 10 heteroatoms. The molecule has 206 valence electrons. The monoisotopic (exact) mass is 538 g/mol. The first-order valence-electron chi connectivity index (χ1n) is 13.5. The van der Waals surface area contributed by atoms with Gasteiger partial charge in [-0.1, -0.05) is 12.1 Å². The standard InChI is InChI=1S/C29H33F3N6O/c1-28(7-4-8-28)34-14-17-9-22-23(24(10-17)29(30,31)32)15-38(27(22)39)21-6-3-5-18(13-21)25(19-11-20(33)12-19)26-36-35-16-37(26)2/h3,5-6,9-10,13,16,19-20,25,34H,4,7-8,11-12,14-15,33H2,1-2H3/t19-,20+,25-/m1/s1. The number of aryl methyl sites for hydroxylation is 1. The van der Waals surface area contributed by atoms with Crippen LogP contribution in [0, 0.1) is 5.92 Å². The minimum Gasteiger partial charge on any atom is -0.328 e. The molecule has 3 aliphatic rings. The van der Waals surface area contributed by atoms with Crippen LogP contribution in [0.15, 0.2) is 42.7 Å². The molecule has 7 nitrogen and oxygen atoms in total. The van der Waals surface area contributed by atoms with Gasteiger partial charge in [0.05, 0.1) is 12.1 Å². The van der Waals surface area contributed by atoms with Crippen LogP contribution in [0.1, 0.15) is 83.4 Å². The summed E-state index contributed by atoms with van der Waals surface area (Å²) in [7, 11) is 1.89. The van der Waals surface area contributed by atoms with Crippen LogP contribution >= 0.6 is 0 Å². The maximum atomic E-state index is 14.2. The molecule has 3 N–H and O–H groups in total. The van der Waals surface area contributed by atoms with Crippen molar-refractivity contribution in [3.63, 3.8) is 0 Å². The number of hydrogen-bond donors (Lipinski definition) is 2. The Bertz CT molecular complexity index is 1410. The lowest BCUT2D eigenvalue weighted by molar-refractivity contribution is -0.138. The Labute approximate surface area is 225 Å². The number of nitrogens with one attached hydrogen (secondary N) is 1. The van der Waals surface area contributed by atoms with Gasteiger partial charge in [-0.3, -0.25) is 4.79 Å². The predicted octanol–water partition coefficient (Wildman–Crippen LogP) is 4.90. The number of anilines is 1. The average Bonchev–Trinajstić information content (AvgIpc) is 3.43. The molecule has 0 unspecified atom stereocenters. The van der Waals surface area contributed by atoms with E-state index < -0.39 is 17.6 Å². The zero-order valence-electron chi connectivity index (χ0n) is 22.1. The molecule has 1 amide bonds. The molecule has 0 radical (unpaired) electrons. The fraction of sp³-hybridized carbons (Fsp3) is 0.483. The van der Waals surface area contributed by atoms with Crippen LogP contribution in [0.4, 0.5) is 18.9 Å². The molecule has 2 saturated carbocycles. The third-order valence-electron chi connectivity index (χ3n) is 8.83. The minimum absolute atomic E-state index is 0.0336. The van der Waals surface area contributed by atoms with Gasteiger partial charge in [-0.05, 0) is 85.9 Å². The van der Waals surface area contributed by atoms with Crippen LogP contribution in [0.2, 0.25) is 0 Å². The van der Waals surface area contributed by atoms with Crippen molar-refractivity contribution in [2.75, 3.05) is 4.90 Å². The molecular weight excluding hydrogens is 505 g/mol. The van der Waals surface area contributed by atoms with Gasteiger partial charge in [-0.2, -0.15) is 13.2 Å². The number of carbonyl (C=O) groups excluding carboxylic acids is 1. The number of hydrogen-bond acceptors (Lipinski definition) is 5. The highest BCUT2D eigenvalue weighted by Gasteiger charge is 2.42. The van der Waals surface area contributed by atoms with E-state index in [4.69, 9.17) is 5.73 Å². The first kappa shape index (κ1) is 26.0. The van der Waals surface area contributed by atoms with Gasteiger partial charge in [-0.25, -0.2) is 0 Å². The molecule has 39 heavy (non-hydrogen) atoms. The molecule has 6 rings (SSSR count). The molecule has 0 bridgehead atoms. The summed E-state index contributed by atoms with van der Waals surface area (Å²) < 4.78 is 44.4. The summed E-state index contributed by atoms with van der Waals surface area (Å²) in [4.78, 5) is 15.1. The van der Waals surface area contributed by atoms with Crippen LogP contribution in [0.3, 0.4) is 0 Å². The number of aromatic nitrogens is 3. The van der Waals surface area contributed by atoms with Gasteiger partial charge >= 0.3 is 6.18 Å². The van der Waals surface area contributed by atoms with E-state index in [0.29, 0.717) is 17.8 Å². The lowest BCUT2D eigenvalue weighted by Gasteiger charge is -2.39. The van der Waals surface area contributed by atoms with Crippen molar-refractivity contribution in [1.29, 1.82) is 0 Å². The number of carbonyl (C=O) groups is 1. The van der Waals surface area contributed by atoms with Gasteiger partial charge in [0.25, 0.3) is 5.91 Å². The van der Waals surface area contributed by atoms with E-state index in [1.54, 1.807) is 18.5 Å². The number of halogens is 3. The second kappa shape index (κ2) is 9.45. The Morgan fingerprint density at radius 3 is 2.59 bits per heavy atom. The zero-order valence-corrected chi connectivity index (χ0v) is 22.1. The van der Waals surface area contributed by atoms with E-state index >= 15 is 0 Å². The third-order valence-corrected chi connectivity index (χ3v) is 8.83. The fourth-order valence-electron chi connectivity index (χ4n) is 6.30. The summed E-state index contributed by atoms with van der Waals surface area (Å²) in [6.07, 6.45) is 1.89. The SMILES string of the molecule is Cn1cnnc1[C@H](c1cccc(N2Cc3c(cc(CNC4(C)CCC4)cc3C(F)(F)F)C2=O)c1)[C@H]1C[C@@H](N)C1. The maximum absolute atomic E-state index is 14.2. The summed E-state index contributed by atoms with van der Waals surface area (Å²) in [5, 5.41) is 11.8. The summed E-state index contributed by atoms with van der Waals surface area (Å²) in [6, 6.07) is 10.5. The minimum atomic E-state index is -4.56. The Morgan fingerprint density at radius 1 is 1.21 bits per heavy atom. The zero-order chi connectivity index (χ0) is 27.5. The summed E-state index contributed by atoms with van der Waals surface area (Å²) in [5.74, 6) is 0.588. The van der Waals surface area contributed by atoms with Gasteiger partial charge in [-0.15, -0.1) is 10.2 Å². The van der Waals surface area contributed by atoms with Crippen molar-refractivity contribution in [2.45, 2.75) is 75.8 Å². The highest BCUT2D eigenvalue weighted by atomic mass is 19.4. The highest BCUT2D eigenvalue weighted by molar-refractivity contribution is 6.10. The number of rotatable bonds is 7. The molecule has 1 aliphatic heterocycles. The van der Waals surface area contributed by atoms with E-state index in [1.807, 2.05) is 29.8 Å². The molecule has 2 aliphatic carbocycles. The Hall–Kier alpha value is -3.24. The quantitative estimate of drug-likeness (QED) is 0.447. The normalized spacial score (nSPS) is 22.8. The molecule has 1 aromatic heterocycles. The average molecular weight is 539 g/mol. The molecule has 2 fully saturated rings. The van der Waals surface area contributed by atoms with Crippen LogP contribution in [0.25, 0.3) is 0 Å². The van der Waals surface area contributed by atoms with E-state index in [1.165, 1.54) is 11.0 Å². The van der Waals surface area contributed by atoms with Crippen molar-refractivity contribution < 1.29 is 18.0 Å². The molecule has 0 spiro atoms. The number of fused-ring (bicyclic) bond motifs is 1. The number of nitrogens with zero attached hydrogens (tertiary/aromatic N) is 4. The molecule has 1 atom stereocenters. The Morgan fingerprint density at radius 2 is 1.97 bits per heavy atom. The first-order chi connectivity index (χ1) is 18.5. The van der Waals surface area contributed by atoms with Gasteiger partial charge in [0.2, 0.25) is 0 Å². The lowest BCUT2D eigenvalue weighted by atomic mass is 9.70. The predicted molar refractivity (Wildman–Crippen MR) is 141 cm³/mol. The van der Waals surface area contributed by atoms with Crippen LogP contribution in [-0.4, -0.2) is 32.3 Å². The van der Waals surface area contributed by atoms with E-state index in [9.17, 15) is 18.0 Å². The molecule has 3 aromatic rings. The summed E-state index contributed by atoms with van der Waals surface area (Å²) in [5.41, 5.74) is 7.45. The van der Waals surface area contributed by atoms with Crippen molar-refractivity contribution >= 4 is 11.6 Å². The number of amides is 1. The number of benzene rings is 2. The largest absolute Gasteiger partial charge is 0.416 e. The second-order valence-corrected chi connectivity index (χ2v) is 11.7. The first-order valence-corrected chi connectivity index (χ1v) is 13.5. The molecule has 2 heterocycles. The van der Waals surface area contributed by atoms with Gasteiger partial charge in [0, 0.05) is 42.3 Å². The van der Waals surface area contributed by atoms with Crippen molar-refractivity contribution in [1.82, 2.24) is 20.1 Å². The van der Waals surface area contributed by atoms with Crippen LogP contribution < -0.4 is 16.0 Å². The molecular formula is C29H33F3N6O. The number of alkyl halides is 3. The van der Waals surface area contributed by atoms with Gasteiger partial charge in [0.15, 0.2) is 0 Å². The molecule has 2 aromatic carbocycles. The third kappa shape index (κ3) is 4.74. The summed E-state index contributed by atoms with van der Waals surface area (Å²) in [6.45, 7) is 2.25. The molecule has 0 saturated heterocycles. The van der Waals surface area contributed by atoms with Crippen LogP contribution in [-0.2, 0) is 26.3 Å². The van der Waals surface area contributed by atoms with Crippen molar-refractivity contribution in [3.05, 3.63) is 76.4 Å². The Kier molecular flexibility index (Phi) is 6.30. The van der Waals surface area contributed by atoms with Crippen molar-refractivity contribution in [3.8, 4) is 0 Å². The smallest absolute Gasteiger partial charge is 0.328 e. The van der Waals surface area contributed by atoms with E-state index in [0.717, 1.165) is 43.5 Å². The van der Waals surface area contributed by atoms with Gasteiger partial charge < -0.3 is 20.5 Å². The highest BCUT2D eigenvalue weighted by Crippen LogP contribution is 2.44. The second-order valence-electron chi connectivity index (χ2n) is 11.7. The van der Waals surface area contributed by atoms with Gasteiger partial charge in [0.1, 0.15) is 12.2 Å². The van der Waals surface area contributed by atoms with Crippen LogP contribution in [0.5, 0.6) is 0 Å². The summed E-state index contributed by atoms with van der Waals surface area (Å²) >= 11 is 0. The fourth-order valence-corrected chi connectivity index (χ4v) is 6.30.